The molecule has 0 saturated carbocycles. The molecule has 7 N–H and O–H groups in total. The van der Waals surface area contributed by atoms with E-state index in [9.17, 15) is 64.2 Å². The van der Waals surface area contributed by atoms with E-state index >= 15 is 8.78 Å². The van der Waals surface area contributed by atoms with Crippen molar-refractivity contribution in [3.8, 4) is 11.8 Å². The lowest BCUT2D eigenvalue weighted by molar-refractivity contribution is -0.221. The quantitative estimate of drug-likeness (QED) is 0.0241. The first-order valence-electron chi connectivity index (χ1n) is 26.2. The predicted octanol–water partition coefficient (Wildman–Crippen LogP) is 6.26. The zero-order chi connectivity index (χ0) is 62.1. The Kier molecular flexibility index (Phi) is 21.3. The van der Waals surface area contributed by atoms with Gasteiger partial charge in [0.05, 0.1) is 37.2 Å². The largest absolute Gasteiger partial charge is 0.453 e. The molecule has 2 bridgehead atoms. The van der Waals surface area contributed by atoms with E-state index in [0.717, 1.165) is 33.5 Å². The van der Waals surface area contributed by atoms with Gasteiger partial charge in [-0.15, -0.1) is 0 Å². The number of hydrogen-bond acceptors (Lipinski definition) is 14. The molecular weight excluding hydrogens is 1130 g/mol. The number of allylic oxidation sites excluding steroid dienone is 1. The van der Waals surface area contributed by atoms with Crippen LogP contribution in [0.1, 0.15) is 81.2 Å². The van der Waals surface area contributed by atoms with Gasteiger partial charge in [-0.25, -0.2) is 33.4 Å². The Labute approximate surface area is 476 Å². The second-order valence-corrected chi connectivity index (χ2v) is 21.3. The molecule has 1 aromatic heterocycles. The second kappa shape index (κ2) is 27.3. The number of alkyl carbamates (subject to hydrolysis) is 2. The number of halogens is 10. The molecule has 2 aromatic carbocycles. The number of hydrogen-bond donors (Lipinski definition) is 6. The lowest BCUT2D eigenvalue weighted by Crippen LogP contribution is -2.63. The van der Waals surface area contributed by atoms with Crippen LogP contribution in [0, 0.1) is 34.3 Å². The zero-order valence-corrected chi connectivity index (χ0v) is 46.3. The molecule has 19 nitrogen and oxygen atoms in total. The fourth-order valence-electron chi connectivity index (χ4n) is 9.72. The molecule has 5 amide bonds. The number of pyridine rings is 1. The van der Waals surface area contributed by atoms with Gasteiger partial charge >= 0.3 is 31.1 Å². The number of carbonyl (C=O) groups excluding carboxylic acids is 5. The van der Waals surface area contributed by atoms with Crippen LogP contribution in [0.3, 0.4) is 0 Å². The van der Waals surface area contributed by atoms with Crippen LogP contribution in [-0.2, 0) is 41.6 Å². The summed E-state index contributed by atoms with van der Waals surface area (Å²) >= 11 is 0. The number of nitrogens with zero attached hydrogens (tertiary/aromatic N) is 5. The van der Waals surface area contributed by atoms with Crippen LogP contribution in [0.15, 0.2) is 65.9 Å². The van der Waals surface area contributed by atoms with Crippen molar-refractivity contribution in [2.24, 2.45) is 21.6 Å². The molecule has 3 aromatic rings. The van der Waals surface area contributed by atoms with Gasteiger partial charge in [0, 0.05) is 85.7 Å². The highest BCUT2D eigenvalue weighted by Gasteiger charge is 2.57. The predicted molar refractivity (Wildman–Crippen MR) is 283 cm³/mol. The van der Waals surface area contributed by atoms with Gasteiger partial charge in [-0.1, -0.05) is 24.0 Å². The zero-order valence-electron chi connectivity index (χ0n) is 46.3. The van der Waals surface area contributed by atoms with Crippen LogP contribution in [0.4, 0.5) is 59.3 Å². The number of piperazine rings is 1. The number of anilines is 1. The molecule has 6 rings (SSSR count). The molecule has 458 valence electrons. The minimum Gasteiger partial charge on any atom is -0.453 e. The van der Waals surface area contributed by atoms with E-state index in [1.807, 2.05) is 21.7 Å². The number of methoxy groups -OCH3 is 2. The summed E-state index contributed by atoms with van der Waals surface area (Å²) in [6.45, 7) is -1.62. The first-order chi connectivity index (χ1) is 39.4. The number of hydrazine groups is 1. The Balaban J connectivity index is 1.31. The summed E-state index contributed by atoms with van der Waals surface area (Å²) in [6.07, 6.45) is -10.5. The Morgan fingerprint density at radius 2 is 1.38 bits per heavy atom. The topological polar surface area (TPSA) is 242 Å². The van der Waals surface area contributed by atoms with Crippen molar-refractivity contribution in [1.29, 1.82) is 0 Å². The lowest BCUT2D eigenvalue weighted by atomic mass is 9.82. The van der Waals surface area contributed by atoms with Gasteiger partial charge in [0.2, 0.25) is 5.91 Å². The maximum Gasteiger partial charge on any atom is 0.407 e. The summed E-state index contributed by atoms with van der Waals surface area (Å²) < 4.78 is 160. The Morgan fingerprint density at radius 3 is 1.87 bits per heavy atom. The number of aliphatic imine (C=N–C) groups is 1. The van der Waals surface area contributed by atoms with Gasteiger partial charge in [-0.3, -0.25) is 19.8 Å². The standard InChI is InChI=1S/C55H64F10N10O9/c1-52(2,54(60,61)62)44(70-50(80)82-5)46(77)69-40(20-31-12-9-30(10-13-31)11-14-32-15-18-43(67-24-32)73-26-35-16-17-36(27-73)75(35)48(79)42-8-7-19-84-42)41(76)29-74(72-47(78)45(71-51(81)83-6)53(3,4)55(63,64)65)28-37-38(56)21-33(22-39(37)57)34(23-66)25-68-49(58)59/h9-10,12-13,15,18,21-25,35-36,40-42,44-45,49,76H,7-8,16-17,19-20,26-29,66H2,1-6H3,(H,69,77)(H,70,80)(H,71,81)(H,72,78)/t35?,36?,40-,41-,42?,44+,45+/m0/s1. The number of benzene rings is 2. The Hall–Kier alpha value is -7.71. The molecule has 7 atom stereocenters. The monoisotopic (exact) mass is 1200 g/mol. The maximum atomic E-state index is 16.0. The van der Waals surface area contributed by atoms with E-state index in [0.29, 0.717) is 100 Å². The third-order valence-corrected chi connectivity index (χ3v) is 14.9. The highest BCUT2D eigenvalue weighted by molar-refractivity contribution is 6.09. The molecule has 29 heteroatoms. The molecule has 0 spiro atoms. The summed E-state index contributed by atoms with van der Waals surface area (Å²) in [4.78, 5) is 77.7. The highest BCUT2D eigenvalue weighted by atomic mass is 19.4. The number of rotatable bonds is 20. The summed E-state index contributed by atoms with van der Waals surface area (Å²) in [6, 6.07) is 3.91. The number of carbonyl (C=O) groups is 5. The summed E-state index contributed by atoms with van der Waals surface area (Å²) in [5.41, 5.74) is 0.663. The van der Waals surface area contributed by atoms with Crippen LogP contribution in [0.2, 0.25) is 0 Å². The van der Waals surface area contributed by atoms with Crippen molar-refractivity contribution >= 4 is 47.5 Å². The van der Waals surface area contributed by atoms with Gasteiger partial charge in [-0.05, 0) is 107 Å². The SMILES string of the molecule is COC(=O)N[C@H](C(=O)N[C@@H](Cc1ccc(C#Cc2ccc(N3CC4CCC(C3)N4C(=O)C3CCCO3)nc2)cc1)[C@@H](O)CN(Cc1c(F)cc(C(C=NC(F)F)=CN)cc1F)NC(=O)[C@@H](NC(=O)OC)C(C)(C)C(F)(F)F)C(C)(C)C(F)(F)F. The van der Waals surface area contributed by atoms with Crippen LogP contribution in [0.25, 0.3) is 5.57 Å². The molecule has 3 aliphatic heterocycles. The lowest BCUT2D eigenvalue weighted by Gasteiger charge is -2.42. The van der Waals surface area contributed by atoms with E-state index < -0.39 is 132 Å². The van der Waals surface area contributed by atoms with E-state index in [1.165, 1.54) is 24.3 Å². The summed E-state index contributed by atoms with van der Waals surface area (Å²) in [5.74, 6) is 0.489. The van der Waals surface area contributed by atoms with E-state index in [4.69, 9.17) is 10.5 Å². The Bertz CT molecular complexity index is 2930. The molecule has 4 heterocycles. The number of alkyl halides is 8. The minimum absolute atomic E-state index is 0.0246. The number of aromatic nitrogens is 1. The number of fused-ring (bicyclic) bond motifs is 2. The number of ether oxygens (including phenoxy) is 3. The molecule has 3 unspecified atom stereocenters. The number of aliphatic hydroxyl groups is 1. The highest BCUT2D eigenvalue weighted by Crippen LogP contribution is 2.42. The van der Waals surface area contributed by atoms with E-state index in [1.54, 1.807) is 17.6 Å². The van der Waals surface area contributed by atoms with Crippen molar-refractivity contribution in [3.63, 3.8) is 0 Å². The second-order valence-electron chi connectivity index (χ2n) is 21.3. The summed E-state index contributed by atoms with van der Waals surface area (Å²) in [7, 11) is 1.58. The average molecular weight is 1200 g/mol. The van der Waals surface area contributed by atoms with Gasteiger partial charge in [0.25, 0.3) is 11.8 Å². The minimum atomic E-state index is -5.25. The number of aliphatic hydroxyl groups excluding tert-OH is 1. The number of nitrogens with two attached hydrogens (primary N) is 1. The van der Waals surface area contributed by atoms with Crippen molar-refractivity contribution in [2.75, 3.05) is 45.4 Å². The molecule has 3 saturated heterocycles. The van der Waals surface area contributed by atoms with E-state index in [2.05, 4.69) is 41.5 Å². The average Bonchev–Trinajstić information content (AvgIpc) is 2.29. The molecule has 3 aliphatic rings. The first-order valence-corrected chi connectivity index (χ1v) is 26.2. The van der Waals surface area contributed by atoms with Crippen LogP contribution < -0.4 is 32.0 Å². The summed E-state index contributed by atoms with van der Waals surface area (Å²) in [5, 5.41) is 18.4. The fourth-order valence-corrected chi connectivity index (χ4v) is 9.72. The van der Waals surface area contributed by atoms with Gasteiger partial charge in [-0.2, -0.15) is 35.1 Å². The normalized spacial score (nSPS) is 19.1. The van der Waals surface area contributed by atoms with Crippen molar-refractivity contribution in [3.05, 3.63) is 100 Å². The van der Waals surface area contributed by atoms with Gasteiger partial charge < -0.3 is 50.8 Å². The van der Waals surface area contributed by atoms with Crippen molar-refractivity contribution < 1.29 is 87.2 Å². The molecule has 84 heavy (non-hydrogen) atoms. The third kappa shape index (κ3) is 15.9. The van der Waals surface area contributed by atoms with Gasteiger partial charge in [0.1, 0.15) is 35.6 Å². The first kappa shape index (κ1) is 65.4. The number of nitrogens with one attached hydrogen (secondary N) is 4. The van der Waals surface area contributed by atoms with E-state index in [-0.39, 0.29) is 23.6 Å². The van der Waals surface area contributed by atoms with Crippen LogP contribution in [0.5, 0.6) is 0 Å². The molecule has 0 radical (unpaired) electrons. The molecular formula is C55H64F10N10O9. The van der Waals surface area contributed by atoms with Crippen LogP contribution >= 0.6 is 0 Å². The number of amides is 5. The molecule has 0 aliphatic carbocycles. The van der Waals surface area contributed by atoms with Gasteiger partial charge in [0.15, 0.2) is 0 Å². The van der Waals surface area contributed by atoms with Crippen LogP contribution in [-0.4, -0.2) is 158 Å². The smallest absolute Gasteiger partial charge is 0.407 e. The third-order valence-electron chi connectivity index (χ3n) is 14.9. The molecule has 3 fully saturated rings. The Morgan fingerprint density at radius 1 is 0.833 bits per heavy atom. The van der Waals surface area contributed by atoms with Crippen molar-refractivity contribution in [2.45, 2.75) is 128 Å². The fraction of sp³-hybridized carbons (Fsp3) is 0.509. The maximum absolute atomic E-state index is 16.0. The van der Waals surface area contributed by atoms with Crippen molar-refractivity contribution in [1.82, 2.24) is 36.3 Å².